The van der Waals surface area contributed by atoms with E-state index in [-0.39, 0.29) is 24.4 Å². The van der Waals surface area contributed by atoms with Crippen LogP contribution in [0.1, 0.15) is 39.8 Å². The fourth-order valence-corrected chi connectivity index (χ4v) is 2.67. The number of thiophene rings is 1. The highest BCUT2D eigenvalue weighted by Gasteiger charge is 2.15. The van der Waals surface area contributed by atoms with Crippen molar-refractivity contribution >= 4 is 23.2 Å². The molecular formula is C14H18N4O2S. The van der Waals surface area contributed by atoms with Crippen LogP contribution in [-0.2, 0) is 4.79 Å². The van der Waals surface area contributed by atoms with Gasteiger partial charge < -0.3 is 15.6 Å². The van der Waals surface area contributed by atoms with Gasteiger partial charge in [0, 0.05) is 17.3 Å². The summed E-state index contributed by atoms with van der Waals surface area (Å²) in [5.74, 6) is 0.250. The van der Waals surface area contributed by atoms with Gasteiger partial charge in [0.25, 0.3) is 5.91 Å². The van der Waals surface area contributed by atoms with E-state index in [1.54, 1.807) is 18.5 Å². The van der Waals surface area contributed by atoms with E-state index in [2.05, 4.69) is 20.6 Å². The molecule has 0 aliphatic carbocycles. The Labute approximate surface area is 127 Å². The molecule has 2 heterocycles. The fraction of sp³-hybridized carbons (Fsp3) is 0.357. The molecule has 0 aromatic carbocycles. The number of aromatic nitrogens is 2. The van der Waals surface area contributed by atoms with Crippen LogP contribution in [0.2, 0.25) is 0 Å². The maximum Gasteiger partial charge on any atom is 0.261 e. The van der Waals surface area contributed by atoms with E-state index in [0.717, 1.165) is 11.3 Å². The zero-order chi connectivity index (χ0) is 15.2. The number of aromatic amines is 1. The van der Waals surface area contributed by atoms with Crippen LogP contribution < -0.4 is 10.6 Å². The van der Waals surface area contributed by atoms with E-state index in [4.69, 9.17) is 0 Å². The van der Waals surface area contributed by atoms with Crippen molar-refractivity contribution in [3.05, 3.63) is 40.1 Å². The van der Waals surface area contributed by atoms with Crippen molar-refractivity contribution in [2.75, 3.05) is 6.54 Å². The Morgan fingerprint density at radius 2 is 2.24 bits per heavy atom. The lowest BCUT2D eigenvalue weighted by Crippen LogP contribution is -2.38. The molecule has 2 aromatic rings. The van der Waals surface area contributed by atoms with Gasteiger partial charge in [-0.25, -0.2) is 4.98 Å². The molecule has 0 aliphatic heterocycles. The standard InChI is InChI=1S/C14H18N4O2S/c1-3-10(13-15-6-7-16-13)18-12(19)8-17-14(20)11-5-4-9(2)21-11/h4-7,10H,3,8H2,1-2H3,(H,15,16)(H,17,20)(H,18,19). The summed E-state index contributed by atoms with van der Waals surface area (Å²) in [6.07, 6.45) is 4.08. The fourth-order valence-electron chi connectivity index (χ4n) is 1.88. The van der Waals surface area contributed by atoms with E-state index in [0.29, 0.717) is 10.7 Å². The van der Waals surface area contributed by atoms with Crippen molar-refractivity contribution < 1.29 is 9.59 Å². The summed E-state index contributed by atoms with van der Waals surface area (Å²) in [4.78, 5) is 32.5. The van der Waals surface area contributed by atoms with Gasteiger partial charge in [0.2, 0.25) is 5.91 Å². The number of H-pyrrole nitrogens is 1. The summed E-state index contributed by atoms with van der Waals surface area (Å²) < 4.78 is 0. The van der Waals surface area contributed by atoms with Gasteiger partial charge in [-0.2, -0.15) is 0 Å². The van der Waals surface area contributed by atoms with Crippen molar-refractivity contribution in [3.8, 4) is 0 Å². The number of aryl methyl sites for hydroxylation is 1. The first-order valence-corrected chi connectivity index (χ1v) is 7.55. The molecule has 2 amide bonds. The molecule has 0 saturated heterocycles. The summed E-state index contributed by atoms with van der Waals surface area (Å²) in [6.45, 7) is 3.84. The van der Waals surface area contributed by atoms with Gasteiger partial charge in [0.15, 0.2) is 0 Å². The van der Waals surface area contributed by atoms with Gasteiger partial charge in [0.05, 0.1) is 17.5 Å². The highest BCUT2D eigenvalue weighted by molar-refractivity contribution is 7.13. The molecule has 2 rings (SSSR count). The Morgan fingerprint density at radius 1 is 1.43 bits per heavy atom. The molecule has 2 aromatic heterocycles. The topological polar surface area (TPSA) is 86.9 Å². The highest BCUT2D eigenvalue weighted by atomic mass is 32.1. The molecule has 6 nitrogen and oxygen atoms in total. The second kappa shape index (κ2) is 7.03. The van der Waals surface area contributed by atoms with Crippen LogP contribution in [0.3, 0.4) is 0 Å². The van der Waals surface area contributed by atoms with Gasteiger partial charge in [-0.1, -0.05) is 6.92 Å². The quantitative estimate of drug-likeness (QED) is 0.760. The van der Waals surface area contributed by atoms with Gasteiger partial charge in [-0.15, -0.1) is 11.3 Å². The van der Waals surface area contributed by atoms with E-state index < -0.39 is 0 Å². The zero-order valence-electron chi connectivity index (χ0n) is 12.0. The second-order valence-corrected chi connectivity index (χ2v) is 5.88. The average molecular weight is 306 g/mol. The number of carbonyl (C=O) groups excluding carboxylic acids is 2. The van der Waals surface area contributed by atoms with Crippen molar-refractivity contribution in [3.63, 3.8) is 0 Å². The third-order valence-electron chi connectivity index (χ3n) is 2.97. The minimum Gasteiger partial charge on any atom is -0.347 e. The molecule has 0 saturated carbocycles. The van der Waals surface area contributed by atoms with Crippen molar-refractivity contribution in [1.29, 1.82) is 0 Å². The van der Waals surface area contributed by atoms with E-state index in [1.807, 2.05) is 19.9 Å². The Morgan fingerprint density at radius 3 is 2.81 bits per heavy atom. The molecule has 0 bridgehead atoms. The molecule has 0 spiro atoms. The maximum atomic E-state index is 11.9. The number of nitrogens with one attached hydrogen (secondary N) is 3. The predicted octanol–water partition coefficient (Wildman–Crippen LogP) is 1.78. The second-order valence-electron chi connectivity index (χ2n) is 4.60. The van der Waals surface area contributed by atoms with Crippen molar-refractivity contribution in [2.45, 2.75) is 26.3 Å². The average Bonchev–Trinajstić information content (AvgIpc) is 3.13. The van der Waals surface area contributed by atoms with Crippen LogP contribution in [0.5, 0.6) is 0 Å². The number of hydrogen-bond acceptors (Lipinski definition) is 4. The molecule has 0 radical (unpaired) electrons. The Balaban J connectivity index is 1.83. The van der Waals surface area contributed by atoms with Crippen LogP contribution in [0.4, 0.5) is 0 Å². The third kappa shape index (κ3) is 4.16. The molecule has 3 N–H and O–H groups in total. The molecule has 0 aliphatic rings. The minimum atomic E-state index is -0.236. The van der Waals surface area contributed by atoms with Crippen LogP contribution in [-0.4, -0.2) is 28.3 Å². The third-order valence-corrected chi connectivity index (χ3v) is 3.97. The van der Waals surface area contributed by atoms with Crippen LogP contribution in [0.25, 0.3) is 0 Å². The Kier molecular flexibility index (Phi) is 5.10. The van der Waals surface area contributed by atoms with Crippen LogP contribution in [0.15, 0.2) is 24.5 Å². The number of hydrogen-bond donors (Lipinski definition) is 3. The lowest BCUT2D eigenvalue weighted by atomic mass is 10.2. The maximum absolute atomic E-state index is 11.9. The number of carbonyl (C=O) groups is 2. The molecule has 1 atom stereocenters. The molecule has 1 unspecified atom stereocenters. The largest absolute Gasteiger partial charge is 0.347 e. The summed E-state index contributed by atoms with van der Waals surface area (Å²) in [6, 6.07) is 3.46. The van der Waals surface area contributed by atoms with Gasteiger partial charge >= 0.3 is 0 Å². The van der Waals surface area contributed by atoms with E-state index >= 15 is 0 Å². The minimum absolute atomic E-state index is 0.0486. The summed E-state index contributed by atoms with van der Waals surface area (Å²) in [5, 5.41) is 5.45. The zero-order valence-corrected chi connectivity index (χ0v) is 12.8. The van der Waals surface area contributed by atoms with E-state index in [1.165, 1.54) is 11.3 Å². The molecule has 112 valence electrons. The number of imidazole rings is 1. The first kappa shape index (κ1) is 15.2. The SMILES string of the molecule is CCC(NC(=O)CNC(=O)c1ccc(C)s1)c1ncc[nH]1. The van der Waals surface area contributed by atoms with E-state index in [9.17, 15) is 9.59 Å². The summed E-state index contributed by atoms with van der Waals surface area (Å²) >= 11 is 1.41. The highest BCUT2D eigenvalue weighted by Crippen LogP contribution is 2.14. The van der Waals surface area contributed by atoms with Crippen molar-refractivity contribution in [2.24, 2.45) is 0 Å². The monoisotopic (exact) mass is 306 g/mol. The van der Waals surface area contributed by atoms with Crippen molar-refractivity contribution in [1.82, 2.24) is 20.6 Å². The Bertz CT molecular complexity index is 606. The van der Waals surface area contributed by atoms with Gasteiger partial charge in [-0.3, -0.25) is 9.59 Å². The molecular weight excluding hydrogens is 288 g/mol. The number of amides is 2. The summed E-state index contributed by atoms with van der Waals surface area (Å²) in [5.41, 5.74) is 0. The number of rotatable bonds is 6. The smallest absolute Gasteiger partial charge is 0.261 e. The summed E-state index contributed by atoms with van der Waals surface area (Å²) in [7, 11) is 0. The molecule has 7 heteroatoms. The predicted molar refractivity (Wildman–Crippen MR) is 81.2 cm³/mol. The molecule has 21 heavy (non-hydrogen) atoms. The Hall–Kier alpha value is -2.15. The van der Waals surface area contributed by atoms with Crippen LogP contribution in [0, 0.1) is 6.92 Å². The molecule has 0 fully saturated rings. The van der Waals surface area contributed by atoms with Gasteiger partial charge in [-0.05, 0) is 25.5 Å². The number of nitrogens with zero attached hydrogens (tertiary/aromatic N) is 1. The first-order valence-electron chi connectivity index (χ1n) is 6.73. The van der Waals surface area contributed by atoms with Gasteiger partial charge in [0.1, 0.15) is 5.82 Å². The normalized spacial score (nSPS) is 11.9. The van der Waals surface area contributed by atoms with Crippen LogP contribution >= 0.6 is 11.3 Å². The lowest BCUT2D eigenvalue weighted by Gasteiger charge is -2.14. The first-order chi connectivity index (χ1) is 10.1. The lowest BCUT2D eigenvalue weighted by molar-refractivity contribution is -0.120.